The zero-order valence-electron chi connectivity index (χ0n) is 12.5. The van der Waals surface area contributed by atoms with Crippen molar-refractivity contribution in [2.24, 2.45) is 0 Å². The predicted molar refractivity (Wildman–Crippen MR) is 84.4 cm³/mol. The lowest BCUT2D eigenvalue weighted by molar-refractivity contribution is -0.120. The average Bonchev–Trinajstić information content (AvgIpc) is 2.88. The Morgan fingerprint density at radius 2 is 1.90 bits per heavy atom. The fourth-order valence-corrected chi connectivity index (χ4v) is 3.18. The van der Waals surface area contributed by atoms with Crippen LogP contribution in [0.3, 0.4) is 0 Å². The summed E-state index contributed by atoms with van der Waals surface area (Å²) in [7, 11) is -3.24. The highest BCUT2D eigenvalue weighted by Crippen LogP contribution is 2.15. The Hall–Kier alpha value is -1.21. The van der Waals surface area contributed by atoms with Gasteiger partial charge in [0.2, 0.25) is 5.91 Å². The first kappa shape index (κ1) is 17.8. The van der Waals surface area contributed by atoms with Gasteiger partial charge in [-0.3, -0.25) is 9.59 Å². The summed E-state index contributed by atoms with van der Waals surface area (Å²) in [5, 5.41) is 4.35. The van der Waals surface area contributed by atoms with Gasteiger partial charge in [-0.15, -0.1) is 11.3 Å². The van der Waals surface area contributed by atoms with E-state index in [2.05, 4.69) is 5.32 Å². The molecule has 0 unspecified atom stereocenters. The summed E-state index contributed by atoms with van der Waals surface area (Å²) < 4.78 is 22.9. The van der Waals surface area contributed by atoms with Crippen molar-refractivity contribution in [3.63, 3.8) is 0 Å². The topological polar surface area (TPSA) is 80.3 Å². The van der Waals surface area contributed by atoms with Crippen LogP contribution in [0.1, 0.15) is 43.3 Å². The molecule has 0 aliphatic heterocycles. The summed E-state index contributed by atoms with van der Waals surface area (Å²) in [4.78, 5) is 23.9. The van der Waals surface area contributed by atoms with Gasteiger partial charge in [-0.2, -0.15) is 0 Å². The van der Waals surface area contributed by atoms with E-state index in [-0.39, 0.29) is 36.8 Å². The van der Waals surface area contributed by atoms with E-state index in [1.807, 2.05) is 5.38 Å². The molecule has 5 nitrogen and oxygen atoms in total. The number of ketones is 1. The molecule has 0 aliphatic carbocycles. The standard InChI is InChI=1S/C14H21NO4S2/c1-14(2,3)21(18,19)10-8-15-13(17)7-6-11(16)12-5-4-9-20-12/h4-5,9H,6-8,10H2,1-3H3,(H,15,17). The molecule has 21 heavy (non-hydrogen) atoms. The number of Topliss-reactive ketones (excluding diaryl/α,β-unsaturated/α-hetero) is 1. The number of rotatable bonds is 7. The molecule has 1 aromatic rings. The molecule has 0 atom stereocenters. The summed E-state index contributed by atoms with van der Waals surface area (Å²) in [6, 6.07) is 3.51. The van der Waals surface area contributed by atoms with Gasteiger partial charge in [0.25, 0.3) is 0 Å². The Morgan fingerprint density at radius 1 is 1.24 bits per heavy atom. The Kier molecular flexibility index (Phi) is 6.10. The van der Waals surface area contributed by atoms with Gasteiger partial charge in [0.1, 0.15) is 0 Å². The van der Waals surface area contributed by atoms with Crippen molar-refractivity contribution in [3.05, 3.63) is 22.4 Å². The quantitative estimate of drug-likeness (QED) is 0.775. The number of carbonyl (C=O) groups excluding carboxylic acids is 2. The molecule has 0 bridgehead atoms. The SMILES string of the molecule is CC(C)(C)S(=O)(=O)CCNC(=O)CCC(=O)c1cccs1. The summed E-state index contributed by atoms with van der Waals surface area (Å²) in [6.45, 7) is 4.96. The van der Waals surface area contributed by atoms with E-state index in [1.54, 1.807) is 32.9 Å². The maximum absolute atomic E-state index is 11.9. The molecule has 118 valence electrons. The fourth-order valence-electron chi connectivity index (χ4n) is 1.51. The van der Waals surface area contributed by atoms with E-state index in [4.69, 9.17) is 0 Å². The highest BCUT2D eigenvalue weighted by Gasteiger charge is 2.28. The van der Waals surface area contributed by atoms with E-state index in [0.29, 0.717) is 4.88 Å². The number of nitrogens with one attached hydrogen (secondary N) is 1. The monoisotopic (exact) mass is 331 g/mol. The van der Waals surface area contributed by atoms with Crippen LogP contribution in [0.5, 0.6) is 0 Å². The minimum absolute atomic E-state index is 0.0672. The first-order valence-electron chi connectivity index (χ1n) is 6.69. The number of thiophene rings is 1. The molecule has 0 saturated heterocycles. The molecule has 0 aliphatic rings. The molecule has 1 aromatic heterocycles. The molecule has 1 amide bonds. The van der Waals surface area contributed by atoms with Crippen LogP contribution in [0.2, 0.25) is 0 Å². The van der Waals surface area contributed by atoms with Crippen LogP contribution in [0.4, 0.5) is 0 Å². The van der Waals surface area contributed by atoms with Crippen LogP contribution in [0, 0.1) is 0 Å². The van der Waals surface area contributed by atoms with Gasteiger partial charge in [0, 0.05) is 19.4 Å². The van der Waals surface area contributed by atoms with E-state index < -0.39 is 14.6 Å². The zero-order chi connectivity index (χ0) is 16.1. The third-order valence-electron chi connectivity index (χ3n) is 3.00. The van der Waals surface area contributed by atoms with Crippen LogP contribution in [0.15, 0.2) is 17.5 Å². The fraction of sp³-hybridized carbons (Fsp3) is 0.571. The van der Waals surface area contributed by atoms with Crippen molar-refractivity contribution in [1.82, 2.24) is 5.32 Å². The van der Waals surface area contributed by atoms with Gasteiger partial charge >= 0.3 is 0 Å². The van der Waals surface area contributed by atoms with Crippen molar-refractivity contribution in [2.75, 3.05) is 12.3 Å². The highest BCUT2D eigenvalue weighted by molar-refractivity contribution is 7.92. The molecule has 0 spiro atoms. The van der Waals surface area contributed by atoms with Gasteiger partial charge < -0.3 is 5.32 Å². The van der Waals surface area contributed by atoms with Gasteiger partial charge in [0.15, 0.2) is 15.6 Å². The molecule has 0 aromatic carbocycles. The van der Waals surface area contributed by atoms with E-state index in [1.165, 1.54) is 11.3 Å². The second-order valence-corrected chi connectivity index (χ2v) is 9.49. The van der Waals surface area contributed by atoms with Crippen LogP contribution >= 0.6 is 11.3 Å². The number of hydrogen-bond donors (Lipinski definition) is 1. The lowest BCUT2D eigenvalue weighted by atomic mass is 10.2. The average molecular weight is 331 g/mol. The van der Waals surface area contributed by atoms with E-state index in [0.717, 1.165) is 0 Å². The Labute approximate surface area is 129 Å². The second kappa shape index (κ2) is 7.17. The maximum atomic E-state index is 11.9. The first-order valence-corrected chi connectivity index (χ1v) is 9.22. The molecule has 0 fully saturated rings. The van der Waals surface area contributed by atoms with Crippen molar-refractivity contribution >= 4 is 32.9 Å². The lowest BCUT2D eigenvalue weighted by Gasteiger charge is -2.19. The minimum Gasteiger partial charge on any atom is -0.355 e. The molecular formula is C14H21NO4S2. The van der Waals surface area contributed by atoms with Gasteiger partial charge in [0.05, 0.1) is 15.4 Å². The number of hydrogen-bond acceptors (Lipinski definition) is 5. The number of carbonyl (C=O) groups is 2. The van der Waals surface area contributed by atoms with Gasteiger partial charge in [-0.05, 0) is 32.2 Å². The molecule has 1 heterocycles. The van der Waals surface area contributed by atoms with Crippen LogP contribution < -0.4 is 5.32 Å². The Morgan fingerprint density at radius 3 is 2.43 bits per heavy atom. The van der Waals surface area contributed by atoms with Gasteiger partial charge in [-0.25, -0.2) is 8.42 Å². The first-order chi connectivity index (χ1) is 9.63. The summed E-state index contributed by atoms with van der Waals surface area (Å²) in [5.74, 6) is -0.465. The maximum Gasteiger partial charge on any atom is 0.220 e. The van der Waals surface area contributed by atoms with Crippen molar-refractivity contribution in [1.29, 1.82) is 0 Å². The minimum atomic E-state index is -3.24. The van der Waals surface area contributed by atoms with Crippen LogP contribution in [-0.4, -0.2) is 37.2 Å². The van der Waals surface area contributed by atoms with Crippen molar-refractivity contribution in [2.45, 2.75) is 38.4 Å². The lowest BCUT2D eigenvalue weighted by Crippen LogP contribution is -2.36. The van der Waals surface area contributed by atoms with Crippen LogP contribution in [0.25, 0.3) is 0 Å². The van der Waals surface area contributed by atoms with E-state index >= 15 is 0 Å². The normalized spacial score (nSPS) is 12.1. The molecule has 7 heteroatoms. The summed E-state index contributed by atoms with van der Waals surface area (Å²) >= 11 is 1.35. The summed E-state index contributed by atoms with van der Waals surface area (Å²) in [5.41, 5.74) is 0. The molecular weight excluding hydrogens is 310 g/mol. The van der Waals surface area contributed by atoms with Gasteiger partial charge in [-0.1, -0.05) is 6.07 Å². The largest absolute Gasteiger partial charge is 0.355 e. The Bertz CT molecular complexity index is 583. The zero-order valence-corrected chi connectivity index (χ0v) is 14.1. The van der Waals surface area contributed by atoms with Crippen molar-refractivity contribution in [3.8, 4) is 0 Å². The molecule has 1 N–H and O–H groups in total. The van der Waals surface area contributed by atoms with E-state index in [9.17, 15) is 18.0 Å². The third-order valence-corrected chi connectivity index (χ3v) is 6.52. The second-order valence-electron chi connectivity index (χ2n) is 5.68. The van der Waals surface area contributed by atoms with Crippen molar-refractivity contribution < 1.29 is 18.0 Å². The molecule has 1 rings (SSSR count). The molecule has 0 radical (unpaired) electrons. The predicted octanol–water partition coefficient (Wildman–Crippen LogP) is 2.04. The molecule has 0 saturated carbocycles. The summed E-state index contributed by atoms with van der Waals surface area (Å²) in [6.07, 6.45) is 0.213. The van der Waals surface area contributed by atoms with Crippen LogP contribution in [-0.2, 0) is 14.6 Å². The number of sulfone groups is 1. The highest BCUT2D eigenvalue weighted by atomic mass is 32.2. The number of amides is 1. The smallest absolute Gasteiger partial charge is 0.220 e. The Balaban J connectivity index is 2.31. The third kappa shape index (κ3) is 5.59.